The summed E-state index contributed by atoms with van der Waals surface area (Å²) >= 11 is 0. The summed E-state index contributed by atoms with van der Waals surface area (Å²) in [5, 5.41) is 0. The van der Waals surface area contributed by atoms with Crippen molar-refractivity contribution in [2.45, 2.75) is 0 Å². The van der Waals surface area contributed by atoms with Gasteiger partial charge in [-0.1, -0.05) is 0 Å². The van der Waals surface area contributed by atoms with E-state index in [4.69, 9.17) is 0 Å². The summed E-state index contributed by atoms with van der Waals surface area (Å²) in [6.45, 7) is 0. The number of fused-ring (bicyclic) bond motifs is 1. The molecule has 0 aromatic carbocycles. The Hall–Kier alpha value is -1.45. The van der Waals surface area contributed by atoms with Gasteiger partial charge in [-0.25, -0.2) is 13.8 Å². The molecule has 0 fully saturated rings. The molecule has 0 unspecified atom stereocenters. The van der Waals surface area contributed by atoms with Crippen molar-refractivity contribution in [1.82, 2.24) is 9.38 Å². The van der Waals surface area contributed by atoms with Gasteiger partial charge in [-0.15, -0.1) is 0 Å². The molecule has 0 N–H and O–H groups in total. The van der Waals surface area contributed by atoms with Gasteiger partial charge in [0, 0.05) is 12.3 Å². The van der Waals surface area contributed by atoms with Crippen LogP contribution in [0.25, 0.3) is 5.52 Å². The van der Waals surface area contributed by atoms with Gasteiger partial charge in [0.1, 0.15) is 0 Å². The van der Waals surface area contributed by atoms with Gasteiger partial charge in [0.25, 0.3) is 0 Å². The Labute approximate surface area is 61.1 Å². The number of hydrogen-bond donors (Lipinski definition) is 0. The van der Waals surface area contributed by atoms with Gasteiger partial charge >= 0.3 is 0 Å². The summed E-state index contributed by atoms with van der Waals surface area (Å²) in [6, 6.07) is 1.10. The fraction of sp³-hybridized carbons (Fsp3) is 0. The minimum absolute atomic E-state index is 0.545. The largest absolute Gasteiger partial charge is 0.303 e. The average molecular weight is 154 g/mol. The van der Waals surface area contributed by atoms with Crippen molar-refractivity contribution in [3.63, 3.8) is 0 Å². The fourth-order valence-electron chi connectivity index (χ4n) is 0.917. The van der Waals surface area contributed by atoms with E-state index in [1.165, 1.54) is 16.9 Å². The summed E-state index contributed by atoms with van der Waals surface area (Å²) in [7, 11) is 0. The maximum atomic E-state index is 12.5. The molecule has 0 saturated heterocycles. The van der Waals surface area contributed by atoms with Crippen LogP contribution in [0.5, 0.6) is 0 Å². The highest BCUT2D eigenvalue weighted by Gasteiger charge is 2.02. The lowest BCUT2D eigenvalue weighted by Crippen LogP contribution is -1.88. The normalized spacial score (nSPS) is 10.7. The first-order valence-corrected chi connectivity index (χ1v) is 3.04. The molecule has 2 aromatic heterocycles. The number of halogens is 2. The molecule has 0 spiro atoms. The zero-order chi connectivity index (χ0) is 7.84. The van der Waals surface area contributed by atoms with Gasteiger partial charge in [-0.3, -0.25) is 0 Å². The van der Waals surface area contributed by atoms with E-state index in [1.54, 1.807) is 0 Å². The summed E-state index contributed by atoms with van der Waals surface area (Å²) in [4.78, 5) is 3.71. The van der Waals surface area contributed by atoms with Gasteiger partial charge in [0.15, 0.2) is 11.6 Å². The van der Waals surface area contributed by atoms with Crippen molar-refractivity contribution >= 4 is 5.52 Å². The topological polar surface area (TPSA) is 17.3 Å². The minimum atomic E-state index is -0.865. The zero-order valence-corrected chi connectivity index (χ0v) is 5.46. The third-order valence-electron chi connectivity index (χ3n) is 1.45. The third-order valence-corrected chi connectivity index (χ3v) is 1.45. The van der Waals surface area contributed by atoms with Crippen LogP contribution in [0.3, 0.4) is 0 Å². The molecule has 0 radical (unpaired) electrons. The fourth-order valence-corrected chi connectivity index (χ4v) is 0.917. The first-order valence-electron chi connectivity index (χ1n) is 3.04. The Balaban J connectivity index is 2.86. The monoisotopic (exact) mass is 154 g/mol. The predicted octanol–water partition coefficient (Wildman–Crippen LogP) is 1.61. The molecular formula is C7H4F2N2. The van der Waals surface area contributed by atoms with Crippen LogP contribution >= 0.6 is 0 Å². The molecule has 2 rings (SSSR count). The van der Waals surface area contributed by atoms with E-state index in [9.17, 15) is 8.78 Å². The lowest BCUT2D eigenvalue weighted by molar-refractivity contribution is 0.504. The molecule has 0 atom stereocenters. The van der Waals surface area contributed by atoms with Crippen LogP contribution in [0.2, 0.25) is 0 Å². The summed E-state index contributed by atoms with van der Waals surface area (Å²) in [6.07, 6.45) is 3.93. The van der Waals surface area contributed by atoms with E-state index in [2.05, 4.69) is 4.98 Å². The molecular weight excluding hydrogens is 150 g/mol. The van der Waals surface area contributed by atoms with Crippen LogP contribution in [0, 0.1) is 11.6 Å². The summed E-state index contributed by atoms with van der Waals surface area (Å²) in [5.41, 5.74) is 0.545. The molecule has 2 nitrogen and oxygen atoms in total. The zero-order valence-electron chi connectivity index (χ0n) is 5.46. The Kier molecular flexibility index (Phi) is 1.15. The van der Waals surface area contributed by atoms with Crippen molar-refractivity contribution in [3.05, 3.63) is 36.4 Å². The molecule has 0 amide bonds. The molecule has 0 aliphatic rings. The van der Waals surface area contributed by atoms with E-state index in [0.29, 0.717) is 5.52 Å². The number of pyridine rings is 1. The van der Waals surface area contributed by atoms with E-state index in [0.717, 1.165) is 12.3 Å². The predicted molar refractivity (Wildman–Crippen MR) is 35.1 cm³/mol. The Bertz CT molecular complexity index is 358. The van der Waals surface area contributed by atoms with E-state index in [1.807, 2.05) is 0 Å². The number of hydrogen-bond acceptors (Lipinski definition) is 1. The quantitative estimate of drug-likeness (QED) is 0.563. The van der Waals surface area contributed by atoms with E-state index < -0.39 is 11.6 Å². The van der Waals surface area contributed by atoms with Crippen molar-refractivity contribution in [1.29, 1.82) is 0 Å². The molecule has 11 heavy (non-hydrogen) atoms. The first-order chi connectivity index (χ1) is 5.27. The van der Waals surface area contributed by atoms with Crippen molar-refractivity contribution in [2.24, 2.45) is 0 Å². The number of rotatable bonds is 0. The summed E-state index contributed by atoms with van der Waals surface area (Å²) in [5.74, 6) is -1.71. The minimum Gasteiger partial charge on any atom is -0.303 e. The molecule has 2 heterocycles. The van der Waals surface area contributed by atoms with Crippen molar-refractivity contribution in [2.75, 3.05) is 0 Å². The Morgan fingerprint density at radius 2 is 2.09 bits per heavy atom. The third kappa shape index (κ3) is 0.869. The van der Waals surface area contributed by atoms with E-state index in [-0.39, 0.29) is 0 Å². The second-order valence-corrected chi connectivity index (χ2v) is 2.20. The van der Waals surface area contributed by atoms with E-state index >= 15 is 0 Å². The molecule has 56 valence electrons. The number of nitrogens with zero attached hydrogens (tertiary/aromatic N) is 2. The maximum Gasteiger partial charge on any atom is 0.175 e. The van der Waals surface area contributed by atoms with Crippen LogP contribution in [0.15, 0.2) is 24.8 Å². The van der Waals surface area contributed by atoms with Crippen LogP contribution in [0.4, 0.5) is 8.78 Å². The highest BCUT2D eigenvalue weighted by Crippen LogP contribution is 2.08. The van der Waals surface area contributed by atoms with Crippen LogP contribution in [-0.2, 0) is 0 Å². The molecule has 0 saturated carbocycles. The highest BCUT2D eigenvalue weighted by molar-refractivity contribution is 5.44. The van der Waals surface area contributed by atoms with Gasteiger partial charge in [0.05, 0.1) is 18.0 Å². The van der Waals surface area contributed by atoms with Crippen LogP contribution < -0.4 is 0 Å². The second kappa shape index (κ2) is 2.02. The highest BCUT2D eigenvalue weighted by atomic mass is 19.2. The first kappa shape index (κ1) is 6.27. The van der Waals surface area contributed by atoms with Gasteiger partial charge in [-0.05, 0) is 0 Å². The Morgan fingerprint density at radius 3 is 2.91 bits per heavy atom. The number of imidazole rings is 1. The standard InChI is InChI=1S/C7H4F2N2/c8-6-1-5-2-10-4-11(5)3-7(6)9/h1-4H. The molecule has 0 aliphatic heterocycles. The summed E-state index contributed by atoms with van der Waals surface area (Å²) < 4.78 is 26.4. The van der Waals surface area contributed by atoms with Crippen molar-refractivity contribution in [3.8, 4) is 0 Å². The molecule has 0 aliphatic carbocycles. The lowest BCUT2D eigenvalue weighted by Gasteiger charge is -1.93. The van der Waals surface area contributed by atoms with Gasteiger partial charge < -0.3 is 4.40 Å². The number of aromatic nitrogens is 2. The SMILES string of the molecule is Fc1cc2cncn2cc1F. The maximum absolute atomic E-state index is 12.5. The molecule has 0 bridgehead atoms. The van der Waals surface area contributed by atoms with Gasteiger partial charge in [-0.2, -0.15) is 0 Å². The smallest absolute Gasteiger partial charge is 0.175 e. The Morgan fingerprint density at radius 1 is 1.27 bits per heavy atom. The molecule has 4 heteroatoms. The average Bonchev–Trinajstić information content (AvgIpc) is 2.36. The van der Waals surface area contributed by atoms with Crippen LogP contribution in [-0.4, -0.2) is 9.38 Å². The lowest BCUT2D eigenvalue weighted by atomic mass is 10.4. The van der Waals surface area contributed by atoms with Gasteiger partial charge in [0.2, 0.25) is 0 Å². The van der Waals surface area contributed by atoms with Crippen LogP contribution in [0.1, 0.15) is 0 Å². The van der Waals surface area contributed by atoms with Crippen molar-refractivity contribution < 1.29 is 8.78 Å². The second-order valence-electron chi connectivity index (χ2n) is 2.20. The molecule has 2 aromatic rings.